The molecule has 1 aliphatic heterocycles. The molecule has 1 saturated heterocycles. The van der Waals surface area contributed by atoms with Gasteiger partial charge in [0, 0.05) is 0 Å². The molecule has 1 aliphatic rings. The van der Waals surface area contributed by atoms with Crippen LogP contribution in [0, 0.1) is 5.92 Å². The van der Waals surface area contributed by atoms with Crippen LogP contribution in [0.2, 0.25) is 0 Å². The van der Waals surface area contributed by atoms with E-state index in [0.29, 0.717) is 5.56 Å². The number of carbonyl (C=O) groups excluding carboxylic acids is 1. The van der Waals surface area contributed by atoms with E-state index in [9.17, 15) is 26.4 Å². The summed E-state index contributed by atoms with van der Waals surface area (Å²) in [5.41, 5.74) is 1.63. The molecule has 0 aliphatic carbocycles. The van der Waals surface area contributed by atoms with E-state index in [-0.39, 0.29) is 29.0 Å². The average molecular weight is 437 g/mol. The lowest BCUT2D eigenvalue weighted by atomic mass is 9.97. The summed E-state index contributed by atoms with van der Waals surface area (Å²) in [4.78, 5) is 18.6. The Labute approximate surface area is 170 Å². The molecule has 2 heterocycles. The van der Waals surface area contributed by atoms with Crippen LogP contribution in [0.3, 0.4) is 0 Å². The number of benzene rings is 2. The molecule has 0 spiro atoms. The van der Waals surface area contributed by atoms with E-state index in [4.69, 9.17) is 0 Å². The standard InChI is InChI=1S/C20H18F3N3O3S/c21-20(22,23)19-24-15-7-6-13(10-16(15)25-19)17(12-4-2-1-3-5-12)26-18(27)14-8-9-30(28,29)11-14/h1-7,10,14,17H,8-9,11H2,(H,24,25)(H,26,27)/t14-,17-/m0/s1. The number of nitrogens with one attached hydrogen (secondary N) is 2. The first kappa shape index (κ1) is 20.4. The van der Waals surface area contributed by atoms with Crippen LogP contribution in [0.25, 0.3) is 11.0 Å². The first-order chi connectivity index (χ1) is 14.1. The van der Waals surface area contributed by atoms with Crippen LogP contribution in [0.15, 0.2) is 48.5 Å². The summed E-state index contributed by atoms with van der Waals surface area (Å²) in [5.74, 6) is -2.36. The average Bonchev–Trinajstić information content (AvgIpc) is 3.29. The van der Waals surface area contributed by atoms with Crippen molar-refractivity contribution in [3.05, 3.63) is 65.5 Å². The zero-order valence-electron chi connectivity index (χ0n) is 15.6. The second-order valence-electron chi connectivity index (χ2n) is 7.31. The number of halogens is 3. The molecule has 3 aromatic rings. The van der Waals surface area contributed by atoms with Crippen molar-refractivity contribution in [1.82, 2.24) is 15.3 Å². The Kier molecular flexibility index (Phi) is 5.05. The summed E-state index contributed by atoms with van der Waals surface area (Å²) in [6.07, 6.45) is -4.34. The smallest absolute Gasteiger partial charge is 0.345 e. The van der Waals surface area contributed by atoms with Crippen LogP contribution in [0.5, 0.6) is 0 Å². The molecular weight excluding hydrogens is 419 g/mol. The van der Waals surface area contributed by atoms with Crippen molar-refractivity contribution in [3.63, 3.8) is 0 Å². The molecule has 0 saturated carbocycles. The lowest BCUT2D eigenvalue weighted by Crippen LogP contribution is -2.35. The van der Waals surface area contributed by atoms with Crippen molar-refractivity contribution in [2.45, 2.75) is 18.6 Å². The topological polar surface area (TPSA) is 91.9 Å². The summed E-state index contributed by atoms with van der Waals surface area (Å²) in [6.45, 7) is 0. The molecule has 158 valence electrons. The maximum absolute atomic E-state index is 13.0. The monoisotopic (exact) mass is 437 g/mol. The van der Waals surface area contributed by atoms with Crippen molar-refractivity contribution < 1.29 is 26.4 Å². The minimum Gasteiger partial charge on any atom is -0.345 e. The highest BCUT2D eigenvalue weighted by molar-refractivity contribution is 7.91. The number of aromatic amines is 1. The third-order valence-corrected chi connectivity index (χ3v) is 6.90. The summed E-state index contributed by atoms with van der Waals surface area (Å²) in [5, 5.41) is 2.87. The second kappa shape index (κ2) is 7.42. The molecule has 2 aromatic carbocycles. The fourth-order valence-corrected chi connectivity index (χ4v) is 5.35. The van der Waals surface area contributed by atoms with Gasteiger partial charge in [0.25, 0.3) is 0 Å². The number of sulfone groups is 1. The number of aromatic nitrogens is 2. The molecule has 2 N–H and O–H groups in total. The van der Waals surface area contributed by atoms with Crippen LogP contribution in [0.1, 0.15) is 29.4 Å². The van der Waals surface area contributed by atoms with Gasteiger partial charge in [-0.25, -0.2) is 13.4 Å². The lowest BCUT2D eigenvalue weighted by molar-refractivity contribution is -0.144. The van der Waals surface area contributed by atoms with Crippen LogP contribution in [-0.4, -0.2) is 35.8 Å². The predicted octanol–water partition coefficient (Wildman–Crippen LogP) is 3.22. The number of carbonyl (C=O) groups is 1. The van der Waals surface area contributed by atoms with E-state index in [0.717, 1.165) is 5.56 Å². The van der Waals surface area contributed by atoms with Gasteiger partial charge >= 0.3 is 6.18 Å². The lowest BCUT2D eigenvalue weighted by Gasteiger charge is -2.21. The minimum atomic E-state index is -4.60. The van der Waals surface area contributed by atoms with Gasteiger partial charge in [-0.05, 0) is 29.7 Å². The molecule has 2 atom stereocenters. The molecule has 4 rings (SSSR count). The van der Waals surface area contributed by atoms with E-state index in [1.165, 1.54) is 12.1 Å². The number of H-pyrrole nitrogens is 1. The van der Waals surface area contributed by atoms with Gasteiger partial charge in [-0.1, -0.05) is 36.4 Å². The van der Waals surface area contributed by atoms with E-state index < -0.39 is 39.7 Å². The summed E-state index contributed by atoms with van der Waals surface area (Å²) >= 11 is 0. The highest BCUT2D eigenvalue weighted by Crippen LogP contribution is 2.31. The Bertz CT molecular complexity index is 1190. The molecule has 0 radical (unpaired) electrons. The molecule has 30 heavy (non-hydrogen) atoms. The number of hydrogen-bond donors (Lipinski definition) is 2. The van der Waals surface area contributed by atoms with Gasteiger partial charge in [0.2, 0.25) is 11.7 Å². The van der Waals surface area contributed by atoms with Gasteiger partial charge < -0.3 is 10.3 Å². The fourth-order valence-electron chi connectivity index (χ4n) is 3.61. The highest BCUT2D eigenvalue weighted by atomic mass is 32.2. The largest absolute Gasteiger partial charge is 0.449 e. The minimum absolute atomic E-state index is 0.0264. The zero-order valence-corrected chi connectivity index (χ0v) is 16.4. The Balaban J connectivity index is 1.69. The van der Waals surface area contributed by atoms with Crippen LogP contribution >= 0.6 is 0 Å². The van der Waals surface area contributed by atoms with Crippen LogP contribution < -0.4 is 5.32 Å². The van der Waals surface area contributed by atoms with E-state index >= 15 is 0 Å². The number of hydrogen-bond acceptors (Lipinski definition) is 4. The number of imidazole rings is 1. The van der Waals surface area contributed by atoms with Crippen LogP contribution in [0.4, 0.5) is 13.2 Å². The quantitative estimate of drug-likeness (QED) is 0.656. The van der Waals surface area contributed by atoms with Gasteiger partial charge in [0.05, 0.1) is 34.5 Å². The third kappa shape index (κ3) is 4.18. The molecule has 1 aromatic heterocycles. The number of rotatable bonds is 4. The molecule has 1 fully saturated rings. The maximum atomic E-state index is 13.0. The summed E-state index contributed by atoms with van der Waals surface area (Å²) in [6, 6.07) is 12.9. The molecule has 0 unspecified atom stereocenters. The van der Waals surface area contributed by atoms with Gasteiger partial charge in [0.15, 0.2) is 9.84 Å². The number of alkyl halides is 3. The first-order valence-electron chi connectivity index (χ1n) is 9.25. The van der Waals surface area contributed by atoms with Gasteiger partial charge in [-0.15, -0.1) is 0 Å². The van der Waals surface area contributed by atoms with Gasteiger partial charge in [-0.3, -0.25) is 4.79 Å². The molecule has 6 nitrogen and oxygen atoms in total. The SMILES string of the molecule is O=C(N[C@@H](c1ccccc1)c1ccc2nc(C(F)(F)F)[nH]c2c1)[C@H]1CCS(=O)(=O)C1. The van der Waals surface area contributed by atoms with Crippen molar-refractivity contribution in [2.24, 2.45) is 5.92 Å². The predicted molar refractivity (Wildman–Crippen MR) is 104 cm³/mol. The van der Waals surface area contributed by atoms with Gasteiger partial charge in [-0.2, -0.15) is 13.2 Å². The summed E-state index contributed by atoms with van der Waals surface area (Å²) < 4.78 is 62.3. The highest BCUT2D eigenvalue weighted by Gasteiger charge is 2.36. The molecule has 0 bridgehead atoms. The Morgan fingerprint density at radius 3 is 2.50 bits per heavy atom. The number of fused-ring (bicyclic) bond motifs is 1. The Morgan fingerprint density at radius 2 is 1.87 bits per heavy atom. The van der Waals surface area contributed by atoms with Crippen molar-refractivity contribution in [2.75, 3.05) is 11.5 Å². The first-order valence-corrected chi connectivity index (χ1v) is 11.1. The van der Waals surface area contributed by atoms with Crippen molar-refractivity contribution >= 4 is 26.8 Å². The Morgan fingerprint density at radius 1 is 1.13 bits per heavy atom. The number of amides is 1. The number of nitrogens with zero attached hydrogens (tertiary/aromatic N) is 1. The van der Waals surface area contributed by atoms with Crippen LogP contribution in [-0.2, 0) is 20.8 Å². The van der Waals surface area contributed by atoms with Crippen molar-refractivity contribution in [1.29, 1.82) is 0 Å². The van der Waals surface area contributed by atoms with Crippen molar-refractivity contribution in [3.8, 4) is 0 Å². The Hall–Kier alpha value is -2.88. The fraction of sp³-hybridized carbons (Fsp3) is 0.300. The molecule has 10 heteroatoms. The third-order valence-electron chi connectivity index (χ3n) is 5.13. The van der Waals surface area contributed by atoms with Gasteiger partial charge in [0.1, 0.15) is 0 Å². The maximum Gasteiger partial charge on any atom is 0.449 e. The normalized spacial score (nSPS) is 19.6. The van der Waals surface area contributed by atoms with E-state index in [2.05, 4.69) is 15.3 Å². The van der Waals surface area contributed by atoms with E-state index in [1.807, 2.05) is 0 Å². The molecular formula is C20H18F3N3O3S. The molecule has 1 amide bonds. The second-order valence-corrected chi connectivity index (χ2v) is 9.54. The van der Waals surface area contributed by atoms with E-state index in [1.54, 1.807) is 36.4 Å². The zero-order chi connectivity index (χ0) is 21.5. The summed E-state index contributed by atoms with van der Waals surface area (Å²) in [7, 11) is -3.23.